The first-order valence-electron chi connectivity index (χ1n) is 7.65. The van der Waals surface area contributed by atoms with E-state index in [-0.39, 0.29) is 19.2 Å². The lowest BCUT2D eigenvalue weighted by Gasteiger charge is -2.24. The van der Waals surface area contributed by atoms with Crippen LogP contribution >= 0.6 is 11.6 Å². The molecule has 1 unspecified atom stereocenters. The average molecular weight is 364 g/mol. The molecule has 3 rings (SSSR count). The minimum absolute atomic E-state index is 0.00114. The van der Waals surface area contributed by atoms with Gasteiger partial charge in [0.15, 0.2) is 11.5 Å². The van der Waals surface area contributed by atoms with E-state index in [1.165, 1.54) is 13.2 Å². The molecule has 1 heterocycles. The maximum atomic E-state index is 12.4. The topological polar surface area (TPSA) is 77.0 Å². The van der Waals surface area contributed by atoms with Crippen molar-refractivity contribution in [1.29, 1.82) is 0 Å². The van der Waals surface area contributed by atoms with Crippen LogP contribution in [0.15, 0.2) is 36.4 Å². The highest BCUT2D eigenvalue weighted by atomic mass is 35.5. The molecule has 0 fully saturated rings. The Balaban J connectivity index is 1.74. The number of carbonyl (C=O) groups excluding carboxylic acids is 1. The maximum Gasteiger partial charge on any atom is 0.255 e. The van der Waals surface area contributed by atoms with Crippen LogP contribution in [0.2, 0.25) is 5.02 Å². The molecule has 0 aliphatic carbocycles. The van der Waals surface area contributed by atoms with Gasteiger partial charge in [0.25, 0.3) is 5.91 Å². The van der Waals surface area contributed by atoms with Crippen molar-refractivity contribution in [3.05, 3.63) is 52.5 Å². The molecule has 0 saturated heterocycles. The summed E-state index contributed by atoms with van der Waals surface area (Å²) in [5.74, 6) is 1.22. The average Bonchev–Trinajstić information content (AvgIpc) is 3.07. The molecule has 1 amide bonds. The molecule has 132 valence electrons. The highest BCUT2D eigenvalue weighted by Crippen LogP contribution is 2.35. The predicted molar refractivity (Wildman–Crippen MR) is 92.5 cm³/mol. The Morgan fingerprint density at radius 1 is 1.28 bits per heavy atom. The van der Waals surface area contributed by atoms with Crippen LogP contribution in [0.5, 0.6) is 17.2 Å². The summed E-state index contributed by atoms with van der Waals surface area (Å²) in [6.45, 7) is 1.77. The highest BCUT2D eigenvalue weighted by molar-refractivity contribution is 6.31. The monoisotopic (exact) mass is 363 g/mol. The third kappa shape index (κ3) is 3.65. The minimum atomic E-state index is -1.29. The fourth-order valence-corrected chi connectivity index (χ4v) is 2.71. The molecule has 2 aromatic rings. The number of hydrogen-bond donors (Lipinski definition) is 2. The lowest BCUT2D eigenvalue weighted by molar-refractivity contribution is 0.0524. The summed E-state index contributed by atoms with van der Waals surface area (Å²) in [4.78, 5) is 12.4. The van der Waals surface area contributed by atoms with Crippen molar-refractivity contribution in [2.24, 2.45) is 0 Å². The van der Waals surface area contributed by atoms with E-state index in [2.05, 4.69) is 5.32 Å². The van der Waals surface area contributed by atoms with Gasteiger partial charge in [-0.25, -0.2) is 0 Å². The van der Waals surface area contributed by atoms with Crippen molar-refractivity contribution in [3.8, 4) is 17.2 Å². The third-order valence-electron chi connectivity index (χ3n) is 3.99. The number of carbonyl (C=O) groups is 1. The Labute approximate surface area is 150 Å². The van der Waals surface area contributed by atoms with Crippen molar-refractivity contribution < 1.29 is 24.1 Å². The molecule has 2 N–H and O–H groups in total. The van der Waals surface area contributed by atoms with Gasteiger partial charge in [0, 0.05) is 5.02 Å². The first kappa shape index (κ1) is 17.4. The zero-order chi connectivity index (χ0) is 18.0. The molecule has 1 aliphatic heterocycles. The second-order valence-corrected chi connectivity index (χ2v) is 6.31. The second kappa shape index (κ2) is 6.82. The van der Waals surface area contributed by atoms with Crippen molar-refractivity contribution >= 4 is 17.5 Å². The molecule has 0 radical (unpaired) electrons. The summed E-state index contributed by atoms with van der Waals surface area (Å²) in [5, 5.41) is 13.9. The van der Waals surface area contributed by atoms with Gasteiger partial charge in [-0.2, -0.15) is 0 Å². The van der Waals surface area contributed by atoms with E-state index in [0.29, 0.717) is 33.4 Å². The van der Waals surface area contributed by atoms with Gasteiger partial charge in [0.2, 0.25) is 6.79 Å². The molecule has 1 atom stereocenters. The number of rotatable bonds is 5. The smallest absolute Gasteiger partial charge is 0.255 e. The van der Waals surface area contributed by atoms with E-state index in [1.807, 2.05) is 0 Å². The standard InChI is InChI=1S/C18H18ClNO5/c1-18(22,11-3-5-15-16(7-11)25-10-24-15)9-20-17(21)13-8-12(19)4-6-14(13)23-2/h3-8,22H,9-10H2,1-2H3,(H,20,21). The van der Waals surface area contributed by atoms with Crippen LogP contribution in [0, 0.1) is 0 Å². The van der Waals surface area contributed by atoms with Crippen LogP contribution in [0.3, 0.4) is 0 Å². The zero-order valence-electron chi connectivity index (χ0n) is 13.8. The number of fused-ring (bicyclic) bond motifs is 1. The number of amides is 1. The van der Waals surface area contributed by atoms with Crippen LogP contribution in [0.4, 0.5) is 0 Å². The van der Waals surface area contributed by atoms with Crippen molar-refractivity contribution in [1.82, 2.24) is 5.32 Å². The van der Waals surface area contributed by atoms with Gasteiger partial charge < -0.3 is 24.6 Å². The van der Waals surface area contributed by atoms with E-state index < -0.39 is 5.60 Å². The fraction of sp³-hybridized carbons (Fsp3) is 0.278. The van der Waals surface area contributed by atoms with Gasteiger partial charge in [-0.15, -0.1) is 0 Å². The molecular weight excluding hydrogens is 346 g/mol. The summed E-state index contributed by atoms with van der Waals surface area (Å²) in [5.41, 5.74) is -0.380. The number of aliphatic hydroxyl groups is 1. The molecule has 0 bridgehead atoms. The van der Waals surface area contributed by atoms with Gasteiger partial charge in [-0.1, -0.05) is 17.7 Å². The van der Waals surface area contributed by atoms with Crippen LogP contribution in [0.1, 0.15) is 22.8 Å². The van der Waals surface area contributed by atoms with Gasteiger partial charge in [0.1, 0.15) is 11.4 Å². The molecular formula is C18H18ClNO5. The molecule has 1 aliphatic rings. The Hall–Kier alpha value is -2.44. The Morgan fingerprint density at radius 2 is 2.04 bits per heavy atom. The van der Waals surface area contributed by atoms with E-state index >= 15 is 0 Å². The maximum absolute atomic E-state index is 12.4. The molecule has 0 saturated carbocycles. The molecule has 2 aromatic carbocycles. The van der Waals surface area contributed by atoms with E-state index in [4.69, 9.17) is 25.8 Å². The number of nitrogens with one attached hydrogen (secondary N) is 1. The highest BCUT2D eigenvalue weighted by Gasteiger charge is 2.27. The van der Waals surface area contributed by atoms with Crippen LogP contribution in [-0.2, 0) is 5.60 Å². The zero-order valence-corrected chi connectivity index (χ0v) is 14.6. The summed E-state index contributed by atoms with van der Waals surface area (Å²) >= 11 is 5.95. The fourth-order valence-electron chi connectivity index (χ4n) is 2.54. The Bertz CT molecular complexity index is 806. The molecule has 0 aromatic heterocycles. The van der Waals surface area contributed by atoms with Crippen molar-refractivity contribution in [2.45, 2.75) is 12.5 Å². The number of benzene rings is 2. The number of ether oxygens (including phenoxy) is 3. The van der Waals surface area contributed by atoms with E-state index in [9.17, 15) is 9.90 Å². The number of hydrogen-bond acceptors (Lipinski definition) is 5. The largest absolute Gasteiger partial charge is 0.496 e. The van der Waals surface area contributed by atoms with Gasteiger partial charge in [-0.3, -0.25) is 4.79 Å². The van der Waals surface area contributed by atoms with Crippen molar-refractivity contribution in [2.75, 3.05) is 20.4 Å². The van der Waals surface area contributed by atoms with E-state index in [0.717, 1.165) is 0 Å². The van der Waals surface area contributed by atoms with Gasteiger partial charge in [-0.05, 0) is 42.8 Å². The van der Waals surface area contributed by atoms with Crippen molar-refractivity contribution in [3.63, 3.8) is 0 Å². The molecule has 25 heavy (non-hydrogen) atoms. The minimum Gasteiger partial charge on any atom is -0.496 e. The lowest BCUT2D eigenvalue weighted by Crippen LogP contribution is -2.38. The third-order valence-corrected chi connectivity index (χ3v) is 4.23. The Kier molecular flexibility index (Phi) is 4.74. The summed E-state index contributed by atoms with van der Waals surface area (Å²) < 4.78 is 15.8. The van der Waals surface area contributed by atoms with Gasteiger partial charge in [0.05, 0.1) is 19.2 Å². The van der Waals surface area contributed by atoms with Crippen LogP contribution < -0.4 is 19.5 Å². The number of halogens is 1. The first-order chi connectivity index (χ1) is 11.9. The number of methoxy groups -OCH3 is 1. The van der Waals surface area contributed by atoms with E-state index in [1.54, 1.807) is 37.3 Å². The normalized spacial score (nSPS) is 14.7. The van der Waals surface area contributed by atoms with Crippen LogP contribution in [0.25, 0.3) is 0 Å². The summed E-state index contributed by atoms with van der Waals surface area (Å²) in [7, 11) is 1.47. The second-order valence-electron chi connectivity index (χ2n) is 5.87. The lowest BCUT2D eigenvalue weighted by atomic mass is 9.95. The molecule has 0 spiro atoms. The SMILES string of the molecule is COc1ccc(Cl)cc1C(=O)NCC(C)(O)c1ccc2c(c1)OCO2. The summed E-state index contributed by atoms with van der Waals surface area (Å²) in [6.07, 6.45) is 0. The van der Waals surface area contributed by atoms with Crippen LogP contribution in [-0.4, -0.2) is 31.5 Å². The van der Waals surface area contributed by atoms with Gasteiger partial charge >= 0.3 is 0 Å². The first-order valence-corrected chi connectivity index (χ1v) is 8.03. The molecule has 7 heteroatoms. The Morgan fingerprint density at radius 3 is 2.80 bits per heavy atom. The molecule has 6 nitrogen and oxygen atoms in total. The summed E-state index contributed by atoms with van der Waals surface area (Å²) in [6, 6.07) is 9.94. The predicted octanol–water partition coefficient (Wildman–Crippen LogP) is 2.71. The quantitative estimate of drug-likeness (QED) is 0.854.